The Hall–Kier alpha value is -1.93. The number of aromatic nitrogens is 1. The monoisotopic (exact) mass is 311 g/mol. The molecule has 1 aromatic heterocycles. The molecule has 7 nitrogen and oxygen atoms in total. The summed E-state index contributed by atoms with van der Waals surface area (Å²) in [6.45, 7) is 0.750. The minimum absolute atomic E-state index is 0.127. The summed E-state index contributed by atoms with van der Waals surface area (Å²) in [5, 5.41) is 8.95. The van der Waals surface area contributed by atoms with Crippen molar-refractivity contribution < 1.29 is 18.3 Å². The summed E-state index contributed by atoms with van der Waals surface area (Å²) in [6.07, 6.45) is 3.47. The standard InChI is InChI=1S/C13H17N3O4S/c1-15(2)21(19,20)11-4-3-7-14-12(11)16-8-5-10(6-9-16)13(17)18/h3-5,7H,6,8-9H2,1-2H3,(H,17,18). The summed E-state index contributed by atoms with van der Waals surface area (Å²) in [5.74, 6) is -0.580. The van der Waals surface area contributed by atoms with Crippen LogP contribution in [0, 0.1) is 0 Å². The van der Waals surface area contributed by atoms with E-state index >= 15 is 0 Å². The van der Waals surface area contributed by atoms with Crippen LogP contribution in [0.5, 0.6) is 0 Å². The van der Waals surface area contributed by atoms with E-state index in [4.69, 9.17) is 5.11 Å². The van der Waals surface area contributed by atoms with Crippen molar-refractivity contribution >= 4 is 21.8 Å². The molecule has 2 rings (SSSR count). The van der Waals surface area contributed by atoms with Gasteiger partial charge in [0.25, 0.3) is 0 Å². The molecule has 0 aromatic carbocycles. The summed E-state index contributed by atoms with van der Waals surface area (Å²) >= 11 is 0. The van der Waals surface area contributed by atoms with Crippen LogP contribution in [0.3, 0.4) is 0 Å². The summed E-state index contributed by atoms with van der Waals surface area (Å²) in [4.78, 5) is 17.0. The smallest absolute Gasteiger partial charge is 0.331 e. The Bertz CT molecular complexity index is 682. The average Bonchev–Trinajstić information content (AvgIpc) is 2.47. The highest BCUT2D eigenvalue weighted by Crippen LogP contribution is 2.26. The summed E-state index contributed by atoms with van der Waals surface area (Å²) in [6, 6.07) is 3.08. The Morgan fingerprint density at radius 2 is 2.14 bits per heavy atom. The molecular weight excluding hydrogens is 294 g/mol. The number of pyridine rings is 1. The maximum absolute atomic E-state index is 12.3. The van der Waals surface area contributed by atoms with Crippen LogP contribution >= 0.6 is 0 Å². The van der Waals surface area contributed by atoms with Crippen molar-refractivity contribution in [1.82, 2.24) is 9.29 Å². The lowest BCUT2D eigenvalue weighted by atomic mass is 10.1. The highest BCUT2D eigenvalue weighted by Gasteiger charge is 2.26. The van der Waals surface area contributed by atoms with Crippen molar-refractivity contribution in [2.45, 2.75) is 11.3 Å². The van der Waals surface area contributed by atoms with Crippen LogP contribution < -0.4 is 4.90 Å². The first kappa shape index (κ1) is 15.5. The fourth-order valence-electron chi connectivity index (χ4n) is 2.07. The zero-order chi connectivity index (χ0) is 15.6. The van der Waals surface area contributed by atoms with Gasteiger partial charge in [-0.3, -0.25) is 0 Å². The van der Waals surface area contributed by atoms with E-state index in [0.29, 0.717) is 30.9 Å². The largest absolute Gasteiger partial charge is 0.478 e. The molecule has 21 heavy (non-hydrogen) atoms. The van der Waals surface area contributed by atoms with Gasteiger partial charge in [0.1, 0.15) is 10.7 Å². The zero-order valence-electron chi connectivity index (χ0n) is 11.9. The fourth-order valence-corrected chi connectivity index (χ4v) is 3.13. The van der Waals surface area contributed by atoms with Crippen molar-refractivity contribution in [3.05, 3.63) is 30.0 Å². The van der Waals surface area contributed by atoms with Crippen LogP contribution in [0.4, 0.5) is 5.82 Å². The summed E-state index contributed by atoms with van der Waals surface area (Å²) in [5.41, 5.74) is 0.346. The summed E-state index contributed by atoms with van der Waals surface area (Å²) < 4.78 is 25.8. The van der Waals surface area contributed by atoms with Crippen LogP contribution in [-0.4, -0.2) is 56.0 Å². The van der Waals surface area contributed by atoms with E-state index in [1.54, 1.807) is 17.0 Å². The fraction of sp³-hybridized carbons (Fsp3) is 0.385. The Balaban J connectivity index is 2.37. The number of carboxylic acids is 1. The molecule has 0 aliphatic carbocycles. The van der Waals surface area contributed by atoms with Gasteiger partial charge in [-0.2, -0.15) is 0 Å². The normalized spacial score (nSPS) is 16.0. The van der Waals surface area contributed by atoms with E-state index in [-0.39, 0.29) is 4.90 Å². The molecule has 8 heteroatoms. The molecule has 1 aromatic rings. The average molecular weight is 311 g/mol. The van der Waals surface area contributed by atoms with Gasteiger partial charge in [-0.1, -0.05) is 6.08 Å². The van der Waals surface area contributed by atoms with Gasteiger partial charge < -0.3 is 10.0 Å². The maximum Gasteiger partial charge on any atom is 0.331 e. The van der Waals surface area contributed by atoms with Crippen LogP contribution in [0.15, 0.2) is 34.9 Å². The first-order valence-electron chi connectivity index (χ1n) is 6.39. The molecule has 1 aliphatic rings. The van der Waals surface area contributed by atoms with Gasteiger partial charge in [0.05, 0.1) is 0 Å². The predicted molar refractivity (Wildman–Crippen MR) is 77.7 cm³/mol. The molecule has 2 heterocycles. The first-order valence-corrected chi connectivity index (χ1v) is 7.83. The van der Waals surface area contributed by atoms with Crippen molar-refractivity contribution in [1.29, 1.82) is 0 Å². The van der Waals surface area contributed by atoms with Gasteiger partial charge in [0.15, 0.2) is 0 Å². The molecule has 0 spiro atoms. The lowest BCUT2D eigenvalue weighted by molar-refractivity contribution is -0.132. The Labute approximate surface area is 123 Å². The van der Waals surface area contributed by atoms with Gasteiger partial charge >= 0.3 is 5.97 Å². The second-order valence-corrected chi connectivity index (χ2v) is 6.96. The van der Waals surface area contributed by atoms with Gasteiger partial charge in [0.2, 0.25) is 10.0 Å². The molecule has 0 amide bonds. The lowest BCUT2D eigenvalue weighted by Gasteiger charge is -2.28. The molecule has 0 unspecified atom stereocenters. The third kappa shape index (κ3) is 3.06. The molecular formula is C13H17N3O4S. The molecule has 0 fully saturated rings. The number of rotatable bonds is 4. The highest BCUT2D eigenvalue weighted by molar-refractivity contribution is 7.89. The minimum Gasteiger partial charge on any atom is -0.478 e. The van der Waals surface area contributed by atoms with Gasteiger partial charge in [-0.15, -0.1) is 0 Å². The molecule has 0 radical (unpaired) electrons. The highest BCUT2D eigenvalue weighted by atomic mass is 32.2. The van der Waals surface area contributed by atoms with Gasteiger partial charge in [-0.05, 0) is 18.6 Å². The molecule has 0 saturated carbocycles. The van der Waals surface area contributed by atoms with E-state index in [9.17, 15) is 13.2 Å². The van der Waals surface area contributed by atoms with Crippen LogP contribution in [0.1, 0.15) is 6.42 Å². The van der Waals surface area contributed by atoms with E-state index in [0.717, 1.165) is 4.31 Å². The minimum atomic E-state index is -3.59. The molecule has 0 bridgehead atoms. The van der Waals surface area contributed by atoms with E-state index in [1.165, 1.54) is 26.4 Å². The number of anilines is 1. The summed E-state index contributed by atoms with van der Waals surface area (Å²) in [7, 11) is -0.668. The number of aliphatic carboxylic acids is 1. The first-order chi connectivity index (χ1) is 9.84. The second kappa shape index (κ2) is 5.82. The Morgan fingerprint density at radius 1 is 1.43 bits per heavy atom. The zero-order valence-corrected chi connectivity index (χ0v) is 12.7. The van der Waals surface area contributed by atoms with E-state index in [1.807, 2.05) is 0 Å². The van der Waals surface area contributed by atoms with Crippen molar-refractivity contribution in [3.8, 4) is 0 Å². The Morgan fingerprint density at radius 3 is 2.67 bits per heavy atom. The Kier molecular flexibility index (Phi) is 4.29. The number of nitrogens with zero attached hydrogens (tertiary/aromatic N) is 3. The number of carboxylic acid groups (broad SMARTS) is 1. The SMILES string of the molecule is CN(C)S(=O)(=O)c1cccnc1N1CC=C(C(=O)O)CC1. The number of sulfonamides is 1. The lowest BCUT2D eigenvalue weighted by Crippen LogP contribution is -2.33. The van der Waals surface area contributed by atoms with Crippen LogP contribution in [-0.2, 0) is 14.8 Å². The second-order valence-electron chi connectivity index (χ2n) is 4.84. The van der Waals surface area contributed by atoms with E-state index < -0.39 is 16.0 Å². The number of hydrogen-bond acceptors (Lipinski definition) is 5. The predicted octanol–water partition coefficient (Wildman–Crippen LogP) is 0.553. The number of hydrogen-bond donors (Lipinski definition) is 1. The third-order valence-corrected chi connectivity index (χ3v) is 5.13. The maximum atomic E-state index is 12.3. The molecule has 1 aliphatic heterocycles. The number of carbonyl (C=O) groups is 1. The van der Waals surface area contributed by atoms with Gasteiger partial charge in [-0.25, -0.2) is 22.5 Å². The molecule has 0 saturated heterocycles. The molecule has 0 atom stereocenters. The third-order valence-electron chi connectivity index (χ3n) is 3.29. The molecule has 1 N–H and O–H groups in total. The van der Waals surface area contributed by atoms with Crippen molar-refractivity contribution in [2.75, 3.05) is 32.1 Å². The topological polar surface area (TPSA) is 90.8 Å². The quantitative estimate of drug-likeness (QED) is 0.873. The van der Waals surface area contributed by atoms with Crippen LogP contribution in [0.2, 0.25) is 0 Å². The van der Waals surface area contributed by atoms with E-state index in [2.05, 4.69) is 4.98 Å². The van der Waals surface area contributed by atoms with Crippen molar-refractivity contribution in [2.24, 2.45) is 0 Å². The molecule has 114 valence electrons. The van der Waals surface area contributed by atoms with Crippen LogP contribution in [0.25, 0.3) is 0 Å². The van der Waals surface area contributed by atoms with Gasteiger partial charge in [0, 0.05) is 39.0 Å². The van der Waals surface area contributed by atoms with Crippen molar-refractivity contribution in [3.63, 3.8) is 0 Å².